The Hall–Kier alpha value is -3.40. The molecule has 0 saturated heterocycles. The van der Waals surface area contributed by atoms with Crippen LogP contribution in [0.15, 0.2) is 72.8 Å². The summed E-state index contributed by atoms with van der Waals surface area (Å²) in [5, 5.41) is 0. The molecule has 0 fully saturated rings. The average Bonchev–Trinajstić information content (AvgIpc) is 2.74. The minimum atomic E-state index is -3.08. The van der Waals surface area contributed by atoms with Crippen molar-refractivity contribution in [2.45, 2.75) is 20.8 Å². The van der Waals surface area contributed by atoms with Crippen molar-refractivity contribution >= 4 is 32.5 Å². The molecule has 0 aliphatic heterocycles. The molecule has 0 atom stereocenters. The van der Waals surface area contributed by atoms with E-state index in [9.17, 15) is 14.4 Å². The maximum Gasteiger partial charge on any atom is 1.20 e. The Morgan fingerprint density at radius 1 is 0.516 bits per heavy atom. The fourth-order valence-corrected chi connectivity index (χ4v) is 4.35. The number of benzene rings is 3. The molecule has 0 heterocycles. The van der Waals surface area contributed by atoms with Crippen molar-refractivity contribution in [3.63, 3.8) is 0 Å². The van der Waals surface area contributed by atoms with Crippen molar-refractivity contribution in [2.75, 3.05) is 0 Å². The Bertz CT molecular complexity index is 983. The first-order chi connectivity index (χ1) is 14.9. The second-order valence-electron chi connectivity index (χ2n) is 6.80. The molecule has 0 aliphatic carbocycles. The van der Waals surface area contributed by atoms with Crippen LogP contribution in [0.3, 0.4) is 0 Å². The third-order valence-corrected chi connectivity index (χ3v) is 5.81. The molecule has 0 amide bonds. The van der Waals surface area contributed by atoms with Gasteiger partial charge in [0.2, 0.25) is 0 Å². The molecule has 0 unspecified atom stereocenters. The van der Waals surface area contributed by atoms with Crippen molar-refractivity contribution in [1.29, 1.82) is 0 Å². The highest BCUT2D eigenvalue weighted by atomic mass is 27.3. The molecule has 0 saturated carbocycles. The Morgan fingerprint density at radius 2 is 0.774 bits per heavy atom. The van der Waals surface area contributed by atoms with Gasteiger partial charge in [0, 0.05) is 0 Å². The molecule has 3 aromatic carbocycles. The zero-order valence-electron chi connectivity index (χ0n) is 17.5. The van der Waals surface area contributed by atoms with Crippen molar-refractivity contribution in [1.82, 2.24) is 0 Å². The van der Waals surface area contributed by atoms with Crippen LogP contribution in [0.5, 0.6) is 17.2 Å². The quantitative estimate of drug-likeness (QED) is 0.356. The second kappa shape index (κ2) is 10.1. The van der Waals surface area contributed by atoms with Crippen LogP contribution in [0.1, 0.15) is 51.8 Å². The van der Waals surface area contributed by atoms with Gasteiger partial charge in [-0.3, -0.25) is 14.4 Å². The van der Waals surface area contributed by atoms with E-state index in [0.717, 1.165) is 0 Å². The van der Waals surface area contributed by atoms with Gasteiger partial charge < -0.3 is 11.4 Å². The predicted octanol–water partition coefficient (Wildman–Crippen LogP) is 4.82. The molecule has 31 heavy (non-hydrogen) atoms. The summed E-state index contributed by atoms with van der Waals surface area (Å²) in [5.41, 5.74) is 1.14. The van der Waals surface area contributed by atoms with Gasteiger partial charge in [0.05, 0.1) is 33.9 Å². The summed E-state index contributed by atoms with van der Waals surface area (Å²) < 4.78 is 18.1. The summed E-state index contributed by atoms with van der Waals surface area (Å²) in [4.78, 5) is 36.0. The maximum absolute atomic E-state index is 12.0. The van der Waals surface area contributed by atoms with E-state index in [2.05, 4.69) is 0 Å². The lowest BCUT2D eigenvalue weighted by molar-refractivity contribution is 0.100. The molecular formula is C24H21AlO6. The Balaban J connectivity index is 2.00. The van der Waals surface area contributed by atoms with E-state index in [4.69, 9.17) is 11.4 Å². The molecule has 3 aromatic rings. The van der Waals surface area contributed by atoms with Gasteiger partial charge in [-0.15, -0.1) is 0 Å². The van der Waals surface area contributed by atoms with Crippen LogP contribution in [0, 0.1) is 0 Å². The summed E-state index contributed by atoms with van der Waals surface area (Å²) in [6.07, 6.45) is 0. The topological polar surface area (TPSA) is 78.9 Å². The molecule has 0 bridgehead atoms. The number of para-hydroxylation sites is 3. The number of hydrogen-bond acceptors (Lipinski definition) is 6. The van der Waals surface area contributed by atoms with Gasteiger partial charge in [0.25, 0.3) is 0 Å². The van der Waals surface area contributed by atoms with E-state index in [0.29, 0.717) is 33.9 Å². The molecule has 0 aromatic heterocycles. The molecule has 0 radical (unpaired) electrons. The highest BCUT2D eigenvalue weighted by molar-refractivity contribution is 6.40. The number of ketones is 3. The monoisotopic (exact) mass is 432 g/mol. The molecule has 156 valence electrons. The fraction of sp³-hybridized carbons (Fsp3) is 0.125. The van der Waals surface area contributed by atoms with Gasteiger partial charge in [-0.05, 0) is 57.2 Å². The summed E-state index contributed by atoms with van der Waals surface area (Å²) in [5.74, 6) is 0.428. The van der Waals surface area contributed by atoms with E-state index in [1.807, 2.05) is 0 Å². The zero-order chi connectivity index (χ0) is 22.4. The van der Waals surface area contributed by atoms with E-state index >= 15 is 0 Å². The van der Waals surface area contributed by atoms with Crippen LogP contribution in [0.25, 0.3) is 0 Å². The summed E-state index contributed by atoms with van der Waals surface area (Å²) in [6, 6.07) is 20.3. The van der Waals surface area contributed by atoms with Crippen molar-refractivity contribution in [3.05, 3.63) is 89.5 Å². The molecule has 6 nitrogen and oxygen atoms in total. The van der Waals surface area contributed by atoms with Crippen LogP contribution in [0.4, 0.5) is 0 Å². The average molecular weight is 432 g/mol. The zero-order valence-corrected chi connectivity index (χ0v) is 18.6. The summed E-state index contributed by atoms with van der Waals surface area (Å²) in [6.45, 7) is 4.32. The van der Waals surface area contributed by atoms with E-state index < -0.39 is 15.1 Å². The van der Waals surface area contributed by atoms with Gasteiger partial charge in [-0.1, -0.05) is 36.4 Å². The summed E-state index contributed by atoms with van der Waals surface area (Å²) >= 11 is -3.08. The normalized spacial score (nSPS) is 10.2. The SMILES string of the molecule is CC(=O)c1ccccc1[O][Al]([O]c1ccccc1C(C)=O)[O]c1ccccc1C(C)=O. The van der Waals surface area contributed by atoms with Gasteiger partial charge in [0.15, 0.2) is 17.3 Å². The number of rotatable bonds is 9. The van der Waals surface area contributed by atoms with Gasteiger partial charge >= 0.3 is 15.1 Å². The van der Waals surface area contributed by atoms with Crippen molar-refractivity contribution in [3.8, 4) is 17.2 Å². The molecule has 7 heteroatoms. The number of Topliss-reactive ketones (excluding diaryl/α,β-unsaturated/α-hetero) is 3. The van der Waals surface area contributed by atoms with Crippen molar-refractivity contribution < 1.29 is 25.7 Å². The molecule has 0 N–H and O–H groups in total. The van der Waals surface area contributed by atoms with Gasteiger partial charge in [0.1, 0.15) is 0 Å². The van der Waals surface area contributed by atoms with E-state index in [1.54, 1.807) is 72.8 Å². The Kier molecular flexibility index (Phi) is 7.24. The standard InChI is InChI=1S/3C8H8O2.Al/c3*1-6(9)7-4-2-3-5-8(7)10;/h3*2-5,10H,1H3;/q;;;+3/p-3. The Labute approximate surface area is 185 Å². The van der Waals surface area contributed by atoms with Gasteiger partial charge in [-0.2, -0.15) is 0 Å². The minimum Gasteiger partial charge on any atom is -0.577 e. The van der Waals surface area contributed by atoms with Crippen LogP contribution in [0.2, 0.25) is 0 Å². The largest absolute Gasteiger partial charge is 1.20 e. The van der Waals surface area contributed by atoms with Crippen molar-refractivity contribution in [2.24, 2.45) is 0 Å². The third kappa shape index (κ3) is 5.60. The smallest absolute Gasteiger partial charge is 0.577 e. The lowest BCUT2D eigenvalue weighted by Crippen LogP contribution is -2.38. The lowest BCUT2D eigenvalue weighted by atomic mass is 10.1. The lowest BCUT2D eigenvalue weighted by Gasteiger charge is -2.20. The van der Waals surface area contributed by atoms with Gasteiger partial charge in [-0.25, -0.2) is 0 Å². The summed E-state index contributed by atoms with van der Waals surface area (Å²) in [7, 11) is 0. The van der Waals surface area contributed by atoms with E-state index in [-0.39, 0.29) is 17.3 Å². The fourth-order valence-electron chi connectivity index (χ4n) is 2.96. The van der Waals surface area contributed by atoms with Crippen LogP contribution < -0.4 is 11.4 Å². The number of carbonyl (C=O) groups is 3. The van der Waals surface area contributed by atoms with E-state index in [1.165, 1.54) is 20.8 Å². The van der Waals surface area contributed by atoms with Crippen LogP contribution in [-0.4, -0.2) is 32.5 Å². The first-order valence-corrected chi connectivity index (χ1v) is 11.1. The predicted molar refractivity (Wildman–Crippen MR) is 117 cm³/mol. The molecule has 0 aliphatic rings. The number of carbonyl (C=O) groups excluding carboxylic acids is 3. The second-order valence-corrected chi connectivity index (χ2v) is 8.08. The molecule has 3 rings (SSSR count). The third-order valence-electron chi connectivity index (χ3n) is 4.47. The highest BCUT2D eigenvalue weighted by Crippen LogP contribution is 2.26. The highest BCUT2D eigenvalue weighted by Gasteiger charge is 2.46. The maximum atomic E-state index is 12.0. The van der Waals surface area contributed by atoms with Crippen LogP contribution >= 0.6 is 0 Å². The number of hydrogen-bond donors (Lipinski definition) is 0. The molecule has 0 spiro atoms. The minimum absolute atomic E-state index is 0.170. The Morgan fingerprint density at radius 3 is 1.03 bits per heavy atom. The molecular weight excluding hydrogens is 411 g/mol. The van der Waals surface area contributed by atoms with Crippen LogP contribution in [-0.2, 0) is 0 Å². The first kappa shape index (κ1) is 22.3. The first-order valence-electron chi connectivity index (χ1n) is 9.66.